The van der Waals surface area contributed by atoms with E-state index in [4.69, 9.17) is 11.6 Å². The summed E-state index contributed by atoms with van der Waals surface area (Å²) in [6.45, 7) is 3.93. The fourth-order valence-electron chi connectivity index (χ4n) is 3.11. The Morgan fingerprint density at radius 1 is 0.960 bits per heavy atom. The molecular formula is C16H23ClN4O3S. The zero-order valence-corrected chi connectivity index (χ0v) is 15.8. The average Bonchev–Trinajstić information content (AvgIpc) is 2.61. The van der Waals surface area contributed by atoms with Crippen molar-refractivity contribution in [1.82, 2.24) is 18.4 Å². The Bertz CT molecular complexity index is 727. The maximum atomic E-state index is 12.8. The second-order valence-corrected chi connectivity index (χ2v) is 8.78. The highest BCUT2D eigenvalue weighted by molar-refractivity contribution is 7.86. The average molecular weight is 387 g/mol. The van der Waals surface area contributed by atoms with Gasteiger partial charge in [0.05, 0.1) is 0 Å². The molecule has 0 atom stereocenters. The van der Waals surface area contributed by atoms with Gasteiger partial charge in [0.2, 0.25) is 0 Å². The number of amides is 1. The normalized spacial score (nSPS) is 21.4. The van der Waals surface area contributed by atoms with Crippen molar-refractivity contribution in [2.24, 2.45) is 0 Å². The number of piperazine rings is 2. The molecule has 0 aliphatic carbocycles. The van der Waals surface area contributed by atoms with E-state index < -0.39 is 10.2 Å². The summed E-state index contributed by atoms with van der Waals surface area (Å²) >= 11 is 5.94. The molecule has 0 unspecified atom stereocenters. The van der Waals surface area contributed by atoms with Gasteiger partial charge in [-0.3, -0.25) is 4.79 Å². The molecule has 9 heteroatoms. The Morgan fingerprint density at radius 2 is 1.52 bits per heavy atom. The number of likely N-dealkylation sites (N-methyl/N-ethyl adjacent to an activating group) is 1. The summed E-state index contributed by atoms with van der Waals surface area (Å²) in [4.78, 5) is 16.3. The molecule has 0 N–H and O–H groups in total. The zero-order valence-electron chi connectivity index (χ0n) is 14.3. The van der Waals surface area contributed by atoms with Crippen LogP contribution >= 0.6 is 11.6 Å². The summed E-state index contributed by atoms with van der Waals surface area (Å²) in [5, 5.41) is 0.516. The van der Waals surface area contributed by atoms with Gasteiger partial charge in [0, 0.05) is 62.9 Å². The second kappa shape index (κ2) is 7.59. The lowest BCUT2D eigenvalue weighted by Gasteiger charge is -2.39. The Hall–Kier alpha value is -1.19. The van der Waals surface area contributed by atoms with Gasteiger partial charge >= 0.3 is 0 Å². The molecule has 2 aliphatic heterocycles. The van der Waals surface area contributed by atoms with E-state index in [-0.39, 0.29) is 5.91 Å². The van der Waals surface area contributed by atoms with Crippen LogP contribution in [0.3, 0.4) is 0 Å². The number of halogens is 1. The van der Waals surface area contributed by atoms with Crippen LogP contribution < -0.4 is 0 Å². The molecule has 0 bridgehead atoms. The summed E-state index contributed by atoms with van der Waals surface area (Å²) in [6, 6.07) is 6.82. The smallest absolute Gasteiger partial charge is 0.282 e. The molecule has 1 aromatic rings. The number of rotatable bonds is 3. The highest BCUT2D eigenvalue weighted by Crippen LogP contribution is 2.17. The maximum absolute atomic E-state index is 12.8. The van der Waals surface area contributed by atoms with Gasteiger partial charge in [-0.1, -0.05) is 17.7 Å². The van der Waals surface area contributed by atoms with E-state index in [0.29, 0.717) is 49.9 Å². The highest BCUT2D eigenvalue weighted by Gasteiger charge is 2.34. The van der Waals surface area contributed by atoms with E-state index >= 15 is 0 Å². The van der Waals surface area contributed by atoms with Crippen molar-refractivity contribution in [1.29, 1.82) is 0 Å². The van der Waals surface area contributed by atoms with Gasteiger partial charge < -0.3 is 9.80 Å². The Labute approximate surface area is 153 Å². The Balaban J connectivity index is 1.60. The van der Waals surface area contributed by atoms with Gasteiger partial charge in [-0.25, -0.2) is 0 Å². The predicted molar refractivity (Wildman–Crippen MR) is 96.9 cm³/mol. The van der Waals surface area contributed by atoms with Gasteiger partial charge in [-0.15, -0.1) is 0 Å². The van der Waals surface area contributed by atoms with E-state index in [9.17, 15) is 13.2 Å². The first-order valence-electron chi connectivity index (χ1n) is 8.36. The van der Waals surface area contributed by atoms with Crippen molar-refractivity contribution < 1.29 is 13.2 Å². The molecule has 0 saturated carbocycles. The highest BCUT2D eigenvalue weighted by atomic mass is 35.5. The van der Waals surface area contributed by atoms with E-state index in [1.54, 1.807) is 33.5 Å². The number of carbonyl (C=O) groups excluding carboxylic acids is 1. The molecule has 2 aliphatic rings. The van der Waals surface area contributed by atoms with Crippen molar-refractivity contribution in [3.05, 3.63) is 34.9 Å². The fourth-order valence-corrected chi connectivity index (χ4v) is 4.87. The fraction of sp³-hybridized carbons (Fsp3) is 0.562. The molecule has 1 amide bonds. The third-order valence-corrected chi connectivity index (χ3v) is 6.98. The number of benzene rings is 1. The second-order valence-electron chi connectivity index (χ2n) is 6.41. The zero-order chi connectivity index (χ0) is 18.0. The van der Waals surface area contributed by atoms with Crippen LogP contribution in [-0.4, -0.2) is 92.1 Å². The minimum atomic E-state index is -3.45. The van der Waals surface area contributed by atoms with Gasteiger partial charge in [0.1, 0.15) is 0 Å². The molecule has 2 heterocycles. The van der Waals surface area contributed by atoms with Crippen molar-refractivity contribution in [2.45, 2.75) is 0 Å². The molecule has 3 rings (SSSR count). The number of carbonyl (C=O) groups is 1. The first kappa shape index (κ1) is 18.6. The van der Waals surface area contributed by atoms with E-state index in [1.165, 1.54) is 4.31 Å². The van der Waals surface area contributed by atoms with Crippen molar-refractivity contribution in [3.8, 4) is 0 Å². The Kier molecular flexibility index (Phi) is 5.65. The van der Waals surface area contributed by atoms with E-state index in [0.717, 1.165) is 13.1 Å². The standard InChI is InChI=1S/C16H23ClN4O3S/c1-18-5-9-20(10-6-18)25(23,24)21-11-7-19(8-12-21)16(22)14-3-2-4-15(17)13-14/h2-4,13H,5-12H2,1H3. The minimum absolute atomic E-state index is 0.112. The molecular weight excluding hydrogens is 364 g/mol. The van der Waals surface area contributed by atoms with Gasteiger partial charge in [0.25, 0.3) is 16.1 Å². The van der Waals surface area contributed by atoms with Crippen LogP contribution in [0.1, 0.15) is 10.4 Å². The van der Waals surface area contributed by atoms with Crippen LogP contribution in [0.2, 0.25) is 5.02 Å². The predicted octanol–water partition coefficient (Wildman–Crippen LogP) is 0.590. The first-order chi connectivity index (χ1) is 11.9. The van der Waals surface area contributed by atoms with Crippen molar-refractivity contribution in [3.63, 3.8) is 0 Å². The maximum Gasteiger partial charge on any atom is 0.282 e. The van der Waals surface area contributed by atoms with Gasteiger partial charge in [-0.2, -0.15) is 17.0 Å². The SMILES string of the molecule is CN1CCN(S(=O)(=O)N2CCN(C(=O)c3cccc(Cl)c3)CC2)CC1. The van der Waals surface area contributed by atoms with Crippen LogP contribution in [0.4, 0.5) is 0 Å². The van der Waals surface area contributed by atoms with E-state index in [1.807, 2.05) is 7.05 Å². The topological polar surface area (TPSA) is 64.2 Å². The minimum Gasteiger partial charge on any atom is -0.336 e. The van der Waals surface area contributed by atoms with Crippen LogP contribution in [0.5, 0.6) is 0 Å². The summed E-state index contributed by atoms with van der Waals surface area (Å²) in [5.41, 5.74) is 0.530. The summed E-state index contributed by atoms with van der Waals surface area (Å²) in [6.07, 6.45) is 0. The van der Waals surface area contributed by atoms with Crippen LogP contribution in [0.25, 0.3) is 0 Å². The first-order valence-corrected chi connectivity index (χ1v) is 10.1. The molecule has 25 heavy (non-hydrogen) atoms. The monoisotopic (exact) mass is 386 g/mol. The summed E-state index contributed by atoms with van der Waals surface area (Å²) in [7, 11) is -1.46. The van der Waals surface area contributed by atoms with Gasteiger partial charge in [-0.05, 0) is 25.2 Å². The molecule has 7 nitrogen and oxygen atoms in total. The lowest BCUT2D eigenvalue weighted by atomic mass is 10.2. The summed E-state index contributed by atoms with van der Waals surface area (Å²) < 4.78 is 28.5. The molecule has 0 radical (unpaired) electrons. The third-order valence-electron chi connectivity index (χ3n) is 4.71. The molecule has 138 valence electrons. The number of hydrogen-bond acceptors (Lipinski definition) is 4. The number of hydrogen-bond donors (Lipinski definition) is 0. The molecule has 1 aromatic carbocycles. The third kappa shape index (κ3) is 4.15. The Morgan fingerprint density at radius 3 is 2.08 bits per heavy atom. The van der Waals surface area contributed by atoms with Crippen molar-refractivity contribution >= 4 is 27.7 Å². The largest absolute Gasteiger partial charge is 0.336 e. The van der Waals surface area contributed by atoms with Crippen LogP contribution in [0, 0.1) is 0 Å². The summed E-state index contributed by atoms with van der Waals surface area (Å²) in [5.74, 6) is -0.112. The quantitative estimate of drug-likeness (QED) is 0.762. The lowest BCUT2D eigenvalue weighted by Crippen LogP contribution is -2.57. The molecule has 0 aromatic heterocycles. The number of nitrogens with zero attached hydrogens (tertiary/aromatic N) is 4. The van der Waals surface area contributed by atoms with Crippen molar-refractivity contribution in [2.75, 3.05) is 59.4 Å². The molecule has 0 spiro atoms. The molecule has 2 fully saturated rings. The molecule has 2 saturated heterocycles. The van der Waals surface area contributed by atoms with Crippen LogP contribution in [0.15, 0.2) is 24.3 Å². The van der Waals surface area contributed by atoms with Gasteiger partial charge in [0.15, 0.2) is 0 Å². The lowest BCUT2D eigenvalue weighted by molar-refractivity contribution is 0.0692. The van der Waals surface area contributed by atoms with E-state index in [2.05, 4.69) is 4.90 Å². The van der Waals surface area contributed by atoms with Crippen LogP contribution in [-0.2, 0) is 10.2 Å².